The third-order valence-corrected chi connectivity index (χ3v) is 10.0. The summed E-state index contributed by atoms with van der Waals surface area (Å²) in [6.45, 7) is 4.64. The summed E-state index contributed by atoms with van der Waals surface area (Å²) in [7, 11) is 0. The Bertz CT molecular complexity index is 687. The van der Waals surface area contributed by atoms with E-state index in [0.717, 1.165) is 29.6 Å². The molecule has 2 saturated carbocycles. The number of fused-ring (bicyclic) bond motifs is 2. The molecular formula is C33H54. The van der Waals surface area contributed by atoms with Crippen molar-refractivity contribution in [3.63, 3.8) is 0 Å². The van der Waals surface area contributed by atoms with Crippen molar-refractivity contribution in [1.29, 1.82) is 0 Å². The van der Waals surface area contributed by atoms with Gasteiger partial charge >= 0.3 is 0 Å². The molecule has 2 fully saturated rings. The van der Waals surface area contributed by atoms with Crippen LogP contribution in [0, 0.1) is 29.6 Å². The van der Waals surface area contributed by atoms with E-state index in [1.807, 2.05) is 0 Å². The molecule has 3 aliphatic rings. The van der Waals surface area contributed by atoms with E-state index in [1.165, 1.54) is 89.9 Å². The predicted octanol–water partition coefficient (Wildman–Crippen LogP) is 10.1. The number of unbranched alkanes of at least 4 members (excludes halogenated alkanes) is 7. The van der Waals surface area contributed by atoms with Crippen LogP contribution in [0.5, 0.6) is 0 Å². The van der Waals surface area contributed by atoms with Gasteiger partial charge in [-0.25, -0.2) is 0 Å². The van der Waals surface area contributed by atoms with Gasteiger partial charge in [0, 0.05) is 0 Å². The first-order valence-electron chi connectivity index (χ1n) is 15.4. The van der Waals surface area contributed by atoms with Crippen molar-refractivity contribution in [3.8, 4) is 0 Å². The minimum Gasteiger partial charge on any atom is -0.0654 e. The van der Waals surface area contributed by atoms with Crippen molar-refractivity contribution >= 4 is 0 Å². The molecule has 0 aliphatic heterocycles. The van der Waals surface area contributed by atoms with Crippen LogP contribution in [0.15, 0.2) is 18.2 Å². The summed E-state index contributed by atoms with van der Waals surface area (Å²) in [5.74, 6) is 5.24. The number of hydrogen-bond donors (Lipinski definition) is 0. The lowest BCUT2D eigenvalue weighted by Crippen LogP contribution is -2.35. The second-order valence-corrected chi connectivity index (χ2v) is 12.4. The van der Waals surface area contributed by atoms with Crippen molar-refractivity contribution in [2.45, 2.75) is 142 Å². The standard InChI is InChI=1S/C33H54/c1-3-5-7-9-11-13-27-15-17-31-25-33(21-19-29(31)23-27)32-20-18-28-22-26(12-10-8-6-4-2)14-16-30(28)24-32/h14,16,22,27,29,31-33H,3-13,15,17-21,23-25H2,1-2H3/t27-,29?,31-,32?,33?/m1/s1. The Labute approximate surface area is 206 Å². The van der Waals surface area contributed by atoms with Crippen LogP contribution in [0.3, 0.4) is 0 Å². The van der Waals surface area contributed by atoms with E-state index < -0.39 is 0 Å². The second kappa shape index (κ2) is 13.3. The molecule has 0 aromatic heterocycles. The molecule has 3 aliphatic carbocycles. The zero-order valence-corrected chi connectivity index (χ0v) is 22.3. The zero-order valence-electron chi connectivity index (χ0n) is 22.3. The molecule has 0 heterocycles. The first-order chi connectivity index (χ1) is 16.3. The highest BCUT2D eigenvalue weighted by molar-refractivity contribution is 5.34. The third kappa shape index (κ3) is 7.35. The molecule has 0 radical (unpaired) electrons. The van der Waals surface area contributed by atoms with Gasteiger partial charge in [-0.1, -0.05) is 96.3 Å². The maximum Gasteiger partial charge on any atom is -0.0245 e. The smallest absolute Gasteiger partial charge is 0.0245 e. The monoisotopic (exact) mass is 450 g/mol. The van der Waals surface area contributed by atoms with Gasteiger partial charge in [-0.15, -0.1) is 0 Å². The predicted molar refractivity (Wildman–Crippen MR) is 145 cm³/mol. The van der Waals surface area contributed by atoms with E-state index >= 15 is 0 Å². The van der Waals surface area contributed by atoms with Gasteiger partial charge in [-0.2, -0.15) is 0 Å². The fourth-order valence-corrected chi connectivity index (χ4v) is 7.90. The Morgan fingerprint density at radius 3 is 2.15 bits per heavy atom. The van der Waals surface area contributed by atoms with Crippen LogP contribution < -0.4 is 0 Å². The minimum atomic E-state index is 0.977. The lowest BCUT2D eigenvalue weighted by molar-refractivity contribution is 0.0690. The van der Waals surface area contributed by atoms with Crippen molar-refractivity contribution in [2.24, 2.45) is 29.6 Å². The lowest BCUT2D eigenvalue weighted by Gasteiger charge is -2.45. The normalized spacial score (nSPS) is 29.5. The van der Waals surface area contributed by atoms with Crippen LogP contribution in [-0.2, 0) is 19.3 Å². The van der Waals surface area contributed by atoms with Crippen molar-refractivity contribution in [1.82, 2.24) is 0 Å². The average molecular weight is 451 g/mol. The van der Waals surface area contributed by atoms with Crippen LogP contribution in [0.25, 0.3) is 0 Å². The quantitative estimate of drug-likeness (QED) is 0.278. The van der Waals surface area contributed by atoms with Gasteiger partial charge in [0.05, 0.1) is 0 Å². The number of hydrogen-bond acceptors (Lipinski definition) is 0. The van der Waals surface area contributed by atoms with Gasteiger partial charge in [-0.05, 0) is 110 Å². The Morgan fingerprint density at radius 1 is 0.636 bits per heavy atom. The molecule has 0 N–H and O–H groups in total. The van der Waals surface area contributed by atoms with Gasteiger partial charge in [-0.3, -0.25) is 0 Å². The summed E-state index contributed by atoms with van der Waals surface area (Å²) in [5.41, 5.74) is 5.01. The van der Waals surface area contributed by atoms with E-state index in [-0.39, 0.29) is 0 Å². The Morgan fingerprint density at radius 2 is 1.33 bits per heavy atom. The fourth-order valence-electron chi connectivity index (χ4n) is 7.90. The molecule has 4 rings (SSSR count). The molecule has 33 heavy (non-hydrogen) atoms. The van der Waals surface area contributed by atoms with Gasteiger partial charge in [0.15, 0.2) is 0 Å². The Kier molecular flexibility index (Phi) is 10.2. The summed E-state index contributed by atoms with van der Waals surface area (Å²) < 4.78 is 0. The Balaban J connectivity index is 1.21. The highest BCUT2D eigenvalue weighted by Gasteiger charge is 2.38. The van der Waals surface area contributed by atoms with Crippen molar-refractivity contribution in [2.75, 3.05) is 0 Å². The molecule has 5 atom stereocenters. The Hall–Kier alpha value is -0.780. The molecule has 1 aromatic rings. The van der Waals surface area contributed by atoms with Crippen LogP contribution >= 0.6 is 0 Å². The molecule has 0 amide bonds. The van der Waals surface area contributed by atoms with Gasteiger partial charge < -0.3 is 0 Å². The summed E-state index contributed by atoms with van der Waals surface area (Å²) in [4.78, 5) is 0. The lowest BCUT2D eigenvalue weighted by atomic mass is 9.61. The van der Waals surface area contributed by atoms with Crippen LogP contribution in [-0.4, -0.2) is 0 Å². The van der Waals surface area contributed by atoms with Crippen LogP contribution in [0.4, 0.5) is 0 Å². The largest absolute Gasteiger partial charge is 0.0654 e. The number of rotatable bonds is 12. The topological polar surface area (TPSA) is 0 Å². The van der Waals surface area contributed by atoms with Crippen LogP contribution in [0.2, 0.25) is 0 Å². The first-order valence-corrected chi connectivity index (χ1v) is 15.4. The highest BCUT2D eigenvalue weighted by atomic mass is 14.4. The van der Waals surface area contributed by atoms with E-state index in [1.54, 1.807) is 55.2 Å². The van der Waals surface area contributed by atoms with Gasteiger partial charge in [0.2, 0.25) is 0 Å². The summed E-state index contributed by atoms with van der Waals surface area (Å²) in [6, 6.07) is 7.57. The van der Waals surface area contributed by atoms with E-state index in [4.69, 9.17) is 0 Å². The molecule has 3 unspecified atom stereocenters. The van der Waals surface area contributed by atoms with Gasteiger partial charge in [0.25, 0.3) is 0 Å². The van der Waals surface area contributed by atoms with E-state index in [2.05, 4.69) is 32.0 Å². The third-order valence-electron chi connectivity index (χ3n) is 10.0. The molecule has 0 heteroatoms. The molecule has 0 nitrogen and oxygen atoms in total. The van der Waals surface area contributed by atoms with Crippen molar-refractivity contribution in [3.05, 3.63) is 34.9 Å². The molecular weight excluding hydrogens is 396 g/mol. The molecule has 0 saturated heterocycles. The summed E-state index contributed by atoms with van der Waals surface area (Å²) >= 11 is 0. The maximum atomic E-state index is 2.58. The summed E-state index contributed by atoms with van der Waals surface area (Å²) in [5, 5.41) is 0. The SMILES string of the molecule is CCCCCCC[C@@H]1CC[C@@H]2CC(C3CCc4cc(CCCCCC)ccc4C3)CCC2C1. The van der Waals surface area contributed by atoms with Crippen molar-refractivity contribution < 1.29 is 0 Å². The fraction of sp³-hybridized carbons (Fsp3) is 0.818. The summed E-state index contributed by atoms with van der Waals surface area (Å²) in [6.07, 6.45) is 29.2. The molecule has 1 aromatic carbocycles. The maximum absolute atomic E-state index is 2.58. The van der Waals surface area contributed by atoms with E-state index in [9.17, 15) is 0 Å². The van der Waals surface area contributed by atoms with Crippen LogP contribution in [0.1, 0.15) is 140 Å². The number of aryl methyl sites for hydroxylation is 2. The first kappa shape index (κ1) is 25.3. The second-order valence-electron chi connectivity index (χ2n) is 12.4. The van der Waals surface area contributed by atoms with Gasteiger partial charge in [0.1, 0.15) is 0 Å². The van der Waals surface area contributed by atoms with E-state index in [0.29, 0.717) is 0 Å². The zero-order chi connectivity index (χ0) is 22.9. The average Bonchev–Trinajstić information content (AvgIpc) is 2.86. The minimum absolute atomic E-state index is 0.977. The highest BCUT2D eigenvalue weighted by Crippen LogP contribution is 2.49. The molecule has 0 spiro atoms. The molecule has 186 valence electrons. The molecule has 0 bridgehead atoms. The number of benzene rings is 1.